The Kier molecular flexibility index (Phi) is 4.91. The van der Waals surface area contributed by atoms with E-state index in [4.69, 9.17) is 15.0 Å². The second kappa shape index (κ2) is 7.88. The van der Waals surface area contributed by atoms with Crippen molar-refractivity contribution in [3.63, 3.8) is 0 Å². The summed E-state index contributed by atoms with van der Waals surface area (Å²) in [6.45, 7) is 2.11. The standard InChI is InChI=1S/C23H23N5O3/c1-14-21(23(27-31-14)30-13-19(24)15-5-3-2-4-6-15)17-9-10-28-18(11-17)12-20(26-28)25-22(29)16-7-8-16/h2-6,9-12,16,19H,7-8,13,24H2,1H3,(H,25,26,29). The Bertz CT molecular complexity index is 1230. The number of ether oxygens (including phenoxy) is 1. The SMILES string of the molecule is Cc1onc(OCC(N)c2ccccc2)c1-c1ccn2nc(NC(=O)C3CC3)cc2c1. The Morgan fingerprint density at radius 1 is 1.29 bits per heavy atom. The first-order chi connectivity index (χ1) is 15.1. The summed E-state index contributed by atoms with van der Waals surface area (Å²) in [4.78, 5) is 12.0. The van der Waals surface area contributed by atoms with Crippen molar-refractivity contribution in [2.45, 2.75) is 25.8 Å². The Hall–Kier alpha value is -3.65. The number of aromatic nitrogens is 3. The van der Waals surface area contributed by atoms with E-state index in [0.717, 1.165) is 35.0 Å². The van der Waals surface area contributed by atoms with Gasteiger partial charge in [0.05, 0.1) is 17.1 Å². The molecule has 3 aromatic heterocycles. The lowest BCUT2D eigenvalue weighted by molar-refractivity contribution is -0.117. The Morgan fingerprint density at radius 3 is 2.87 bits per heavy atom. The van der Waals surface area contributed by atoms with E-state index in [1.54, 1.807) is 4.52 Å². The third-order valence-corrected chi connectivity index (χ3v) is 5.41. The Morgan fingerprint density at radius 2 is 2.10 bits per heavy atom. The second-order valence-corrected chi connectivity index (χ2v) is 7.83. The summed E-state index contributed by atoms with van der Waals surface area (Å²) in [5, 5.41) is 11.4. The molecule has 0 spiro atoms. The number of hydrogen-bond donors (Lipinski definition) is 2. The second-order valence-electron chi connectivity index (χ2n) is 7.83. The minimum Gasteiger partial charge on any atom is -0.473 e. The molecule has 4 aromatic rings. The lowest BCUT2D eigenvalue weighted by Gasteiger charge is -2.12. The highest BCUT2D eigenvalue weighted by Crippen LogP contribution is 2.34. The number of benzene rings is 1. The number of aryl methyl sites for hydroxylation is 1. The fourth-order valence-electron chi connectivity index (χ4n) is 3.53. The van der Waals surface area contributed by atoms with Crippen molar-refractivity contribution in [2.24, 2.45) is 11.7 Å². The van der Waals surface area contributed by atoms with Crippen LogP contribution >= 0.6 is 0 Å². The van der Waals surface area contributed by atoms with Gasteiger partial charge in [0.25, 0.3) is 5.88 Å². The van der Waals surface area contributed by atoms with Crippen molar-refractivity contribution >= 4 is 17.2 Å². The number of pyridine rings is 1. The number of nitrogens with one attached hydrogen (secondary N) is 1. The number of nitrogens with two attached hydrogens (primary N) is 1. The maximum atomic E-state index is 12.0. The molecule has 1 aliphatic carbocycles. The zero-order valence-corrected chi connectivity index (χ0v) is 17.1. The summed E-state index contributed by atoms with van der Waals surface area (Å²) in [6, 6.07) is 15.2. The van der Waals surface area contributed by atoms with E-state index in [1.165, 1.54) is 0 Å². The summed E-state index contributed by atoms with van der Waals surface area (Å²) in [5.41, 5.74) is 9.74. The van der Waals surface area contributed by atoms with Gasteiger partial charge in [-0.15, -0.1) is 0 Å². The predicted molar refractivity (Wildman–Crippen MR) is 116 cm³/mol. The molecule has 5 rings (SSSR count). The predicted octanol–water partition coefficient (Wildman–Crippen LogP) is 3.73. The average Bonchev–Trinajstić information content (AvgIpc) is 3.47. The first-order valence-corrected chi connectivity index (χ1v) is 10.3. The van der Waals surface area contributed by atoms with Gasteiger partial charge in [-0.3, -0.25) is 4.79 Å². The van der Waals surface area contributed by atoms with Crippen molar-refractivity contribution in [1.29, 1.82) is 0 Å². The van der Waals surface area contributed by atoms with Gasteiger partial charge in [-0.1, -0.05) is 30.3 Å². The molecule has 1 amide bonds. The number of carbonyl (C=O) groups excluding carboxylic acids is 1. The van der Waals surface area contributed by atoms with Gasteiger partial charge in [0, 0.05) is 18.2 Å². The molecule has 0 saturated heterocycles. The molecule has 1 fully saturated rings. The lowest BCUT2D eigenvalue weighted by Crippen LogP contribution is -2.19. The lowest BCUT2D eigenvalue weighted by atomic mass is 10.1. The molecule has 158 valence electrons. The third kappa shape index (κ3) is 4.02. The minimum atomic E-state index is -0.277. The van der Waals surface area contributed by atoms with E-state index in [9.17, 15) is 4.79 Å². The summed E-state index contributed by atoms with van der Waals surface area (Å²) in [5.74, 6) is 1.75. The molecule has 1 saturated carbocycles. The van der Waals surface area contributed by atoms with Crippen molar-refractivity contribution in [2.75, 3.05) is 11.9 Å². The highest BCUT2D eigenvalue weighted by atomic mass is 16.5. The third-order valence-electron chi connectivity index (χ3n) is 5.41. The summed E-state index contributed by atoms with van der Waals surface area (Å²) in [7, 11) is 0. The van der Waals surface area contributed by atoms with E-state index in [0.29, 0.717) is 17.5 Å². The summed E-state index contributed by atoms with van der Waals surface area (Å²) < 4.78 is 13.0. The van der Waals surface area contributed by atoms with E-state index >= 15 is 0 Å². The van der Waals surface area contributed by atoms with Gasteiger partial charge in [-0.05, 0) is 48.2 Å². The van der Waals surface area contributed by atoms with Gasteiger partial charge in [0.15, 0.2) is 5.82 Å². The Labute approximate surface area is 179 Å². The van der Waals surface area contributed by atoms with Crippen LogP contribution in [0.2, 0.25) is 0 Å². The smallest absolute Gasteiger partial charge is 0.262 e. The fourth-order valence-corrected chi connectivity index (χ4v) is 3.53. The molecule has 0 radical (unpaired) electrons. The van der Waals surface area contributed by atoms with Gasteiger partial charge in [0.2, 0.25) is 5.91 Å². The normalized spacial score (nSPS) is 14.5. The zero-order valence-electron chi connectivity index (χ0n) is 17.1. The van der Waals surface area contributed by atoms with E-state index in [1.807, 2.05) is 61.7 Å². The summed E-state index contributed by atoms with van der Waals surface area (Å²) >= 11 is 0. The first kappa shape index (κ1) is 19.3. The maximum Gasteiger partial charge on any atom is 0.262 e. The number of amides is 1. The monoisotopic (exact) mass is 417 g/mol. The number of carbonyl (C=O) groups is 1. The van der Waals surface area contributed by atoms with Crippen LogP contribution in [0.25, 0.3) is 16.6 Å². The number of fused-ring (bicyclic) bond motifs is 1. The minimum absolute atomic E-state index is 0.0314. The molecule has 8 nitrogen and oxygen atoms in total. The van der Waals surface area contributed by atoms with Crippen LogP contribution in [0.4, 0.5) is 5.82 Å². The molecule has 0 bridgehead atoms. The van der Waals surface area contributed by atoms with Crippen molar-refractivity contribution in [1.82, 2.24) is 14.8 Å². The fraction of sp³-hybridized carbons (Fsp3) is 0.261. The zero-order chi connectivity index (χ0) is 21.4. The molecular weight excluding hydrogens is 394 g/mol. The first-order valence-electron chi connectivity index (χ1n) is 10.3. The van der Waals surface area contributed by atoms with Crippen LogP contribution in [-0.2, 0) is 4.79 Å². The van der Waals surface area contributed by atoms with Crippen molar-refractivity contribution in [3.8, 4) is 17.0 Å². The number of anilines is 1. The van der Waals surface area contributed by atoms with E-state index in [2.05, 4.69) is 15.6 Å². The molecular formula is C23H23N5O3. The maximum absolute atomic E-state index is 12.0. The van der Waals surface area contributed by atoms with E-state index < -0.39 is 0 Å². The number of hydrogen-bond acceptors (Lipinski definition) is 6. The van der Waals surface area contributed by atoms with Crippen LogP contribution in [-0.4, -0.2) is 27.3 Å². The molecule has 1 aromatic carbocycles. The van der Waals surface area contributed by atoms with E-state index in [-0.39, 0.29) is 24.5 Å². The molecule has 3 heterocycles. The Balaban J connectivity index is 1.37. The van der Waals surface area contributed by atoms with Gasteiger partial charge in [-0.25, -0.2) is 4.52 Å². The van der Waals surface area contributed by atoms with Crippen LogP contribution in [0.5, 0.6) is 5.88 Å². The molecule has 1 aliphatic rings. The van der Waals surface area contributed by atoms with Gasteiger partial charge < -0.3 is 20.3 Å². The highest BCUT2D eigenvalue weighted by molar-refractivity contribution is 5.93. The van der Waals surface area contributed by atoms with Gasteiger partial charge in [-0.2, -0.15) is 5.10 Å². The van der Waals surface area contributed by atoms with Crippen molar-refractivity contribution in [3.05, 3.63) is 66.1 Å². The average molecular weight is 417 g/mol. The number of rotatable bonds is 7. The topological polar surface area (TPSA) is 108 Å². The van der Waals surface area contributed by atoms with Crippen LogP contribution < -0.4 is 15.8 Å². The molecule has 31 heavy (non-hydrogen) atoms. The van der Waals surface area contributed by atoms with Crippen LogP contribution in [0.15, 0.2) is 59.3 Å². The van der Waals surface area contributed by atoms with Gasteiger partial charge in [0.1, 0.15) is 12.4 Å². The largest absolute Gasteiger partial charge is 0.473 e. The van der Waals surface area contributed by atoms with Crippen LogP contribution in [0.3, 0.4) is 0 Å². The van der Waals surface area contributed by atoms with Crippen molar-refractivity contribution < 1.29 is 14.1 Å². The highest BCUT2D eigenvalue weighted by Gasteiger charge is 2.30. The molecule has 0 aliphatic heterocycles. The number of nitrogens with zero attached hydrogens (tertiary/aromatic N) is 3. The molecule has 1 unspecified atom stereocenters. The van der Waals surface area contributed by atoms with Gasteiger partial charge >= 0.3 is 0 Å². The quantitative estimate of drug-likeness (QED) is 0.474. The molecule has 1 atom stereocenters. The molecule has 8 heteroatoms. The van der Waals surface area contributed by atoms with Crippen LogP contribution in [0.1, 0.15) is 30.2 Å². The van der Waals surface area contributed by atoms with Crippen LogP contribution in [0, 0.1) is 12.8 Å². The summed E-state index contributed by atoms with van der Waals surface area (Å²) in [6.07, 6.45) is 3.74. The molecule has 3 N–H and O–H groups in total.